The molecule has 1 rings (SSSR count). The number of benzene rings is 1. The molecule has 0 bridgehead atoms. The van der Waals surface area contributed by atoms with Crippen molar-refractivity contribution in [3.8, 4) is 0 Å². The highest BCUT2D eigenvalue weighted by Gasteiger charge is 2.05. The van der Waals surface area contributed by atoms with Gasteiger partial charge in [-0.1, -0.05) is 0 Å². The second-order valence-corrected chi connectivity index (χ2v) is 3.66. The number of nitrogens with one attached hydrogen (secondary N) is 1. The maximum Gasteiger partial charge on any atom is 0.269 e. The number of amides is 1. The van der Waals surface area contributed by atoms with Crippen molar-refractivity contribution in [1.29, 1.82) is 0 Å². The first kappa shape index (κ1) is 11.8. The van der Waals surface area contributed by atoms with Crippen molar-refractivity contribution >= 4 is 35.1 Å². The van der Waals surface area contributed by atoms with Gasteiger partial charge >= 0.3 is 0 Å². The van der Waals surface area contributed by atoms with Crippen LogP contribution in [0.15, 0.2) is 29.2 Å². The summed E-state index contributed by atoms with van der Waals surface area (Å²) >= 11 is 6.34. The summed E-state index contributed by atoms with van der Waals surface area (Å²) in [6.45, 7) is 0. The van der Waals surface area contributed by atoms with E-state index in [9.17, 15) is 14.9 Å². The molecule has 1 N–H and O–H groups in total. The van der Waals surface area contributed by atoms with E-state index in [0.717, 1.165) is 11.9 Å². The van der Waals surface area contributed by atoms with Crippen LogP contribution in [0.3, 0.4) is 0 Å². The summed E-state index contributed by atoms with van der Waals surface area (Å²) < 4.78 is 2.47. The van der Waals surface area contributed by atoms with Crippen LogP contribution in [0, 0.1) is 10.1 Å². The molecule has 0 aliphatic heterocycles. The van der Waals surface area contributed by atoms with Crippen LogP contribution in [-0.4, -0.2) is 16.7 Å². The zero-order valence-corrected chi connectivity index (χ0v) is 9.05. The number of carbonyl (C=O) groups excluding carboxylic acids is 1. The summed E-state index contributed by atoms with van der Waals surface area (Å²) in [5.41, 5.74) is 0.0167. The summed E-state index contributed by atoms with van der Waals surface area (Å²) in [6, 6.07) is 5.85. The molecular weight excluding hydrogens is 240 g/mol. The third-order valence-electron chi connectivity index (χ3n) is 1.45. The molecule has 0 heterocycles. The molecule has 15 heavy (non-hydrogen) atoms. The van der Waals surface area contributed by atoms with Gasteiger partial charge in [-0.25, -0.2) is 0 Å². The average Bonchev–Trinajstić information content (AvgIpc) is 2.26. The van der Waals surface area contributed by atoms with Crippen molar-refractivity contribution in [2.45, 2.75) is 4.90 Å². The van der Waals surface area contributed by atoms with E-state index in [4.69, 9.17) is 11.6 Å². The topological polar surface area (TPSA) is 72.2 Å². The highest BCUT2D eigenvalue weighted by molar-refractivity contribution is 7.98. The van der Waals surface area contributed by atoms with Gasteiger partial charge in [0.1, 0.15) is 5.88 Å². The lowest BCUT2D eigenvalue weighted by Gasteiger charge is -2.00. The van der Waals surface area contributed by atoms with E-state index in [2.05, 4.69) is 4.72 Å². The van der Waals surface area contributed by atoms with E-state index >= 15 is 0 Å². The summed E-state index contributed by atoms with van der Waals surface area (Å²) in [5, 5.41) is 10.3. The molecule has 1 aromatic carbocycles. The Balaban J connectivity index is 2.57. The maximum absolute atomic E-state index is 10.8. The van der Waals surface area contributed by atoms with Crippen molar-refractivity contribution in [2.24, 2.45) is 0 Å². The third-order valence-corrected chi connectivity index (χ3v) is 2.53. The molecule has 0 spiro atoms. The summed E-state index contributed by atoms with van der Waals surface area (Å²) in [7, 11) is 0. The van der Waals surface area contributed by atoms with Gasteiger partial charge in [0.05, 0.1) is 4.92 Å². The number of nitrogens with zero attached hydrogens (tertiary/aromatic N) is 1. The normalized spacial score (nSPS) is 9.67. The standard InChI is InChI=1S/C8H7ClN2O3S/c9-5-8(12)10-15-7-3-1-6(2-4-7)11(13)14/h1-4H,5H2,(H,10,12). The fourth-order valence-electron chi connectivity index (χ4n) is 0.779. The molecule has 0 unspecified atom stereocenters. The fourth-order valence-corrected chi connectivity index (χ4v) is 1.50. The minimum Gasteiger partial charge on any atom is -0.295 e. The van der Waals surface area contributed by atoms with Gasteiger partial charge < -0.3 is 0 Å². The number of hydrogen-bond acceptors (Lipinski definition) is 4. The van der Waals surface area contributed by atoms with E-state index in [1.54, 1.807) is 12.1 Å². The summed E-state index contributed by atoms with van der Waals surface area (Å²) in [5.74, 6) is -0.417. The monoisotopic (exact) mass is 246 g/mol. The summed E-state index contributed by atoms with van der Waals surface area (Å²) in [4.78, 5) is 21.4. The Morgan fingerprint density at radius 1 is 1.47 bits per heavy atom. The Morgan fingerprint density at radius 3 is 2.53 bits per heavy atom. The first-order chi connectivity index (χ1) is 7.13. The number of alkyl halides is 1. The van der Waals surface area contributed by atoms with E-state index in [-0.39, 0.29) is 17.5 Å². The molecule has 7 heteroatoms. The fraction of sp³-hybridized carbons (Fsp3) is 0.125. The molecule has 5 nitrogen and oxygen atoms in total. The summed E-state index contributed by atoms with van der Waals surface area (Å²) in [6.07, 6.45) is 0. The predicted octanol–water partition coefficient (Wildman–Crippen LogP) is 1.96. The number of rotatable bonds is 4. The van der Waals surface area contributed by atoms with Gasteiger partial charge in [0.2, 0.25) is 5.91 Å². The quantitative estimate of drug-likeness (QED) is 0.382. The van der Waals surface area contributed by atoms with Crippen molar-refractivity contribution in [2.75, 3.05) is 5.88 Å². The average molecular weight is 247 g/mol. The van der Waals surface area contributed by atoms with Crippen LogP contribution < -0.4 is 4.72 Å². The molecule has 0 radical (unpaired) electrons. The number of hydrogen-bond donors (Lipinski definition) is 1. The maximum atomic E-state index is 10.8. The molecule has 0 atom stereocenters. The van der Waals surface area contributed by atoms with Gasteiger partial charge in [-0.15, -0.1) is 11.6 Å². The van der Waals surface area contributed by atoms with Crippen LogP contribution in [0.4, 0.5) is 5.69 Å². The largest absolute Gasteiger partial charge is 0.295 e. The van der Waals surface area contributed by atoms with Crippen molar-refractivity contribution in [3.05, 3.63) is 34.4 Å². The first-order valence-corrected chi connectivity index (χ1v) is 5.24. The number of carbonyl (C=O) groups is 1. The van der Waals surface area contributed by atoms with Gasteiger partial charge in [-0.2, -0.15) is 0 Å². The molecule has 0 saturated heterocycles. The lowest BCUT2D eigenvalue weighted by Crippen LogP contribution is -2.16. The van der Waals surface area contributed by atoms with Crippen LogP contribution in [0.1, 0.15) is 0 Å². The van der Waals surface area contributed by atoms with Crippen molar-refractivity contribution < 1.29 is 9.72 Å². The Morgan fingerprint density at radius 2 is 2.07 bits per heavy atom. The molecule has 0 aromatic heterocycles. The number of non-ortho nitro benzene ring substituents is 1. The van der Waals surface area contributed by atoms with E-state index in [1.807, 2.05) is 0 Å². The second kappa shape index (κ2) is 5.57. The Bertz CT molecular complexity index is 369. The van der Waals surface area contributed by atoms with Crippen molar-refractivity contribution in [1.82, 2.24) is 4.72 Å². The smallest absolute Gasteiger partial charge is 0.269 e. The predicted molar refractivity (Wildman–Crippen MR) is 57.8 cm³/mol. The minimum atomic E-state index is -0.480. The lowest BCUT2D eigenvalue weighted by molar-refractivity contribution is -0.384. The molecule has 0 aliphatic rings. The van der Waals surface area contributed by atoms with Gasteiger partial charge in [0, 0.05) is 17.0 Å². The Kier molecular flexibility index (Phi) is 4.38. The van der Waals surface area contributed by atoms with Crippen molar-refractivity contribution in [3.63, 3.8) is 0 Å². The molecule has 0 aliphatic carbocycles. The van der Waals surface area contributed by atoms with Crippen LogP contribution in [0.5, 0.6) is 0 Å². The SMILES string of the molecule is O=C(CCl)NSc1ccc([N+](=O)[O-])cc1. The van der Waals surface area contributed by atoms with Crippen LogP contribution in [0.25, 0.3) is 0 Å². The van der Waals surface area contributed by atoms with Gasteiger partial charge in [-0.05, 0) is 24.1 Å². The van der Waals surface area contributed by atoms with Gasteiger partial charge in [-0.3, -0.25) is 19.6 Å². The number of nitro groups is 1. The highest BCUT2D eigenvalue weighted by atomic mass is 35.5. The number of halogens is 1. The van der Waals surface area contributed by atoms with Crippen LogP contribution in [-0.2, 0) is 4.79 Å². The van der Waals surface area contributed by atoms with Gasteiger partial charge in [0.25, 0.3) is 5.69 Å². The second-order valence-electron chi connectivity index (χ2n) is 2.51. The molecule has 80 valence electrons. The third kappa shape index (κ3) is 3.77. The lowest BCUT2D eigenvalue weighted by atomic mass is 10.3. The molecule has 0 fully saturated rings. The molecule has 1 aromatic rings. The minimum absolute atomic E-state index is 0.0167. The zero-order chi connectivity index (χ0) is 11.3. The van der Waals surface area contributed by atoms with Crippen LogP contribution >= 0.6 is 23.5 Å². The highest BCUT2D eigenvalue weighted by Crippen LogP contribution is 2.18. The number of nitro benzene ring substituents is 1. The van der Waals surface area contributed by atoms with Crippen LogP contribution in [0.2, 0.25) is 0 Å². The van der Waals surface area contributed by atoms with E-state index < -0.39 is 4.92 Å². The molecular formula is C8H7ClN2O3S. The Labute approximate surface area is 95.1 Å². The Hall–Kier alpha value is -1.27. The molecule has 1 amide bonds. The molecule has 0 saturated carbocycles. The zero-order valence-electron chi connectivity index (χ0n) is 7.47. The first-order valence-electron chi connectivity index (χ1n) is 3.89. The van der Waals surface area contributed by atoms with Gasteiger partial charge in [0.15, 0.2) is 0 Å². The van der Waals surface area contributed by atoms with E-state index in [1.165, 1.54) is 12.1 Å². The van der Waals surface area contributed by atoms with E-state index in [0.29, 0.717) is 4.90 Å².